The van der Waals surface area contributed by atoms with Crippen molar-refractivity contribution < 1.29 is 14.7 Å². The standard InChI is InChI=1S/C11H19NO3/c1-8(9(2)11(14)15)10(13)12-6-4-3-5-7-12/h8-9H,3-7H2,1-2H3,(H,14,15). The maximum absolute atomic E-state index is 11.9. The molecular weight excluding hydrogens is 194 g/mol. The average molecular weight is 213 g/mol. The quantitative estimate of drug-likeness (QED) is 0.770. The van der Waals surface area contributed by atoms with Crippen molar-refractivity contribution >= 4 is 11.9 Å². The highest BCUT2D eigenvalue weighted by Crippen LogP contribution is 2.18. The molecule has 2 atom stereocenters. The summed E-state index contributed by atoms with van der Waals surface area (Å²) in [7, 11) is 0. The fourth-order valence-corrected chi connectivity index (χ4v) is 1.83. The number of aliphatic carboxylic acids is 1. The molecule has 4 nitrogen and oxygen atoms in total. The van der Waals surface area contributed by atoms with Gasteiger partial charge in [-0.1, -0.05) is 13.8 Å². The molecule has 0 radical (unpaired) electrons. The van der Waals surface area contributed by atoms with Crippen LogP contribution in [0.25, 0.3) is 0 Å². The van der Waals surface area contributed by atoms with E-state index in [2.05, 4.69) is 0 Å². The summed E-state index contributed by atoms with van der Waals surface area (Å²) in [5, 5.41) is 8.83. The summed E-state index contributed by atoms with van der Waals surface area (Å²) in [6, 6.07) is 0. The van der Waals surface area contributed by atoms with E-state index in [9.17, 15) is 9.59 Å². The highest BCUT2D eigenvalue weighted by molar-refractivity contribution is 5.84. The molecule has 1 heterocycles. The number of hydrogen-bond donors (Lipinski definition) is 1. The lowest BCUT2D eigenvalue weighted by Crippen LogP contribution is -2.41. The molecule has 1 amide bonds. The number of nitrogens with zero attached hydrogens (tertiary/aromatic N) is 1. The van der Waals surface area contributed by atoms with Gasteiger partial charge in [0.15, 0.2) is 0 Å². The molecule has 86 valence electrons. The molecule has 1 rings (SSSR count). The summed E-state index contributed by atoms with van der Waals surface area (Å²) in [4.78, 5) is 24.5. The van der Waals surface area contributed by atoms with E-state index in [0.717, 1.165) is 25.9 Å². The zero-order valence-electron chi connectivity index (χ0n) is 9.40. The zero-order valence-corrected chi connectivity index (χ0v) is 9.40. The molecule has 4 heteroatoms. The van der Waals surface area contributed by atoms with Gasteiger partial charge in [0, 0.05) is 19.0 Å². The second-order valence-corrected chi connectivity index (χ2v) is 4.30. The van der Waals surface area contributed by atoms with Gasteiger partial charge in [-0.05, 0) is 19.3 Å². The first kappa shape index (κ1) is 12.0. The van der Waals surface area contributed by atoms with E-state index < -0.39 is 17.8 Å². The zero-order chi connectivity index (χ0) is 11.4. The minimum Gasteiger partial charge on any atom is -0.481 e. The van der Waals surface area contributed by atoms with E-state index in [1.807, 2.05) is 0 Å². The first-order chi connectivity index (χ1) is 7.04. The first-order valence-electron chi connectivity index (χ1n) is 5.55. The molecule has 1 N–H and O–H groups in total. The van der Waals surface area contributed by atoms with Crippen molar-refractivity contribution in [2.45, 2.75) is 33.1 Å². The number of hydrogen-bond acceptors (Lipinski definition) is 2. The molecule has 0 saturated carbocycles. The predicted octanol–water partition coefficient (Wildman–Crippen LogP) is 1.36. The molecule has 1 saturated heterocycles. The maximum Gasteiger partial charge on any atom is 0.307 e. The van der Waals surface area contributed by atoms with Gasteiger partial charge in [-0.3, -0.25) is 9.59 Å². The van der Waals surface area contributed by atoms with Crippen LogP contribution < -0.4 is 0 Å². The molecule has 15 heavy (non-hydrogen) atoms. The number of rotatable bonds is 3. The normalized spacial score (nSPS) is 20.8. The molecule has 0 aromatic rings. The highest BCUT2D eigenvalue weighted by atomic mass is 16.4. The molecule has 0 bridgehead atoms. The minimum atomic E-state index is -0.896. The van der Waals surface area contributed by atoms with Gasteiger partial charge in [0.25, 0.3) is 0 Å². The van der Waals surface area contributed by atoms with Gasteiger partial charge in [-0.15, -0.1) is 0 Å². The van der Waals surface area contributed by atoms with Crippen molar-refractivity contribution in [3.05, 3.63) is 0 Å². The Kier molecular flexibility index (Phi) is 4.12. The summed E-state index contributed by atoms with van der Waals surface area (Å²) in [6.07, 6.45) is 3.26. The van der Waals surface area contributed by atoms with Crippen LogP contribution in [-0.2, 0) is 9.59 Å². The maximum atomic E-state index is 11.9. The SMILES string of the molecule is CC(C(=O)O)C(C)C(=O)N1CCCCC1. The molecule has 0 aliphatic carbocycles. The van der Waals surface area contributed by atoms with Crippen molar-refractivity contribution in [3.63, 3.8) is 0 Å². The summed E-state index contributed by atoms with van der Waals surface area (Å²) >= 11 is 0. The molecule has 1 aliphatic heterocycles. The van der Waals surface area contributed by atoms with Crippen molar-refractivity contribution in [1.82, 2.24) is 4.90 Å². The number of amides is 1. The average Bonchev–Trinajstić information content (AvgIpc) is 2.27. The lowest BCUT2D eigenvalue weighted by molar-refractivity contribution is -0.149. The van der Waals surface area contributed by atoms with Crippen LogP contribution in [0.3, 0.4) is 0 Å². The third-order valence-corrected chi connectivity index (χ3v) is 3.20. The Morgan fingerprint density at radius 1 is 1.07 bits per heavy atom. The monoisotopic (exact) mass is 213 g/mol. The number of likely N-dealkylation sites (tertiary alicyclic amines) is 1. The van der Waals surface area contributed by atoms with E-state index in [1.54, 1.807) is 18.7 Å². The smallest absolute Gasteiger partial charge is 0.307 e. The fraction of sp³-hybridized carbons (Fsp3) is 0.818. The number of carbonyl (C=O) groups is 2. The topological polar surface area (TPSA) is 57.6 Å². The van der Waals surface area contributed by atoms with Crippen LogP contribution in [0.1, 0.15) is 33.1 Å². The number of carbonyl (C=O) groups excluding carboxylic acids is 1. The Morgan fingerprint density at radius 3 is 2.07 bits per heavy atom. The molecule has 0 aromatic carbocycles. The molecule has 0 spiro atoms. The van der Waals surface area contributed by atoms with E-state index >= 15 is 0 Å². The minimum absolute atomic E-state index is 0.00963. The Bertz CT molecular complexity index is 246. The van der Waals surface area contributed by atoms with Gasteiger partial charge in [0.2, 0.25) is 5.91 Å². The van der Waals surface area contributed by atoms with Crippen LogP contribution in [-0.4, -0.2) is 35.0 Å². The van der Waals surface area contributed by atoms with Gasteiger partial charge in [0.1, 0.15) is 0 Å². The Labute approximate surface area is 90.3 Å². The molecular formula is C11H19NO3. The van der Waals surface area contributed by atoms with E-state index in [1.165, 1.54) is 6.42 Å². The lowest BCUT2D eigenvalue weighted by atomic mass is 9.94. The van der Waals surface area contributed by atoms with Crippen LogP contribution in [0.15, 0.2) is 0 Å². The van der Waals surface area contributed by atoms with Crippen LogP contribution in [0.5, 0.6) is 0 Å². The third kappa shape index (κ3) is 2.94. The van der Waals surface area contributed by atoms with E-state index in [4.69, 9.17) is 5.11 Å². The summed E-state index contributed by atoms with van der Waals surface area (Å²) in [6.45, 7) is 4.87. The van der Waals surface area contributed by atoms with Crippen LogP contribution in [0.4, 0.5) is 0 Å². The molecule has 2 unspecified atom stereocenters. The van der Waals surface area contributed by atoms with Gasteiger partial charge < -0.3 is 10.0 Å². The van der Waals surface area contributed by atoms with Crippen LogP contribution in [0.2, 0.25) is 0 Å². The van der Waals surface area contributed by atoms with Gasteiger partial charge in [-0.2, -0.15) is 0 Å². The Morgan fingerprint density at radius 2 is 1.60 bits per heavy atom. The van der Waals surface area contributed by atoms with E-state index in [-0.39, 0.29) is 5.91 Å². The van der Waals surface area contributed by atoms with Crippen molar-refractivity contribution in [3.8, 4) is 0 Å². The van der Waals surface area contributed by atoms with Crippen LogP contribution in [0, 0.1) is 11.8 Å². The van der Waals surface area contributed by atoms with Crippen molar-refractivity contribution in [2.24, 2.45) is 11.8 Å². The predicted molar refractivity (Wildman–Crippen MR) is 56.4 cm³/mol. The Balaban J connectivity index is 2.54. The molecule has 1 fully saturated rings. The number of piperidine rings is 1. The second-order valence-electron chi connectivity index (χ2n) is 4.30. The molecule has 1 aliphatic rings. The van der Waals surface area contributed by atoms with Crippen molar-refractivity contribution in [1.29, 1.82) is 0 Å². The first-order valence-corrected chi connectivity index (χ1v) is 5.55. The second kappa shape index (κ2) is 5.14. The highest BCUT2D eigenvalue weighted by Gasteiger charge is 2.29. The third-order valence-electron chi connectivity index (χ3n) is 3.20. The lowest BCUT2D eigenvalue weighted by Gasteiger charge is -2.30. The summed E-state index contributed by atoms with van der Waals surface area (Å²) in [5.74, 6) is -1.92. The Hall–Kier alpha value is -1.06. The van der Waals surface area contributed by atoms with Gasteiger partial charge in [-0.25, -0.2) is 0 Å². The van der Waals surface area contributed by atoms with Crippen molar-refractivity contribution in [2.75, 3.05) is 13.1 Å². The summed E-state index contributed by atoms with van der Waals surface area (Å²) in [5.41, 5.74) is 0. The molecule has 0 aromatic heterocycles. The largest absolute Gasteiger partial charge is 0.481 e. The number of carboxylic acid groups (broad SMARTS) is 1. The van der Waals surface area contributed by atoms with Crippen LogP contribution >= 0.6 is 0 Å². The van der Waals surface area contributed by atoms with Gasteiger partial charge >= 0.3 is 5.97 Å². The fourth-order valence-electron chi connectivity index (χ4n) is 1.83. The number of carboxylic acids is 1. The van der Waals surface area contributed by atoms with Gasteiger partial charge in [0.05, 0.1) is 5.92 Å². The summed E-state index contributed by atoms with van der Waals surface area (Å²) < 4.78 is 0. The van der Waals surface area contributed by atoms with E-state index in [0.29, 0.717) is 0 Å².